The summed E-state index contributed by atoms with van der Waals surface area (Å²) in [6.45, 7) is 16.9. The molecule has 2 aromatic rings. The summed E-state index contributed by atoms with van der Waals surface area (Å²) in [6.07, 6.45) is 1.20. The molecule has 0 saturated heterocycles. The third-order valence-corrected chi connectivity index (χ3v) is 2.95. The van der Waals surface area contributed by atoms with E-state index in [2.05, 4.69) is 82.3 Å². The average molecular weight is 331 g/mol. The molecule has 0 unspecified atom stereocenters. The van der Waals surface area contributed by atoms with E-state index >= 15 is 0 Å². The highest BCUT2D eigenvalue weighted by atomic mass is 14.0. The maximum absolute atomic E-state index is 2.24. The van der Waals surface area contributed by atoms with Gasteiger partial charge in [-0.2, -0.15) is 0 Å². The quantitative estimate of drug-likeness (QED) is 0.530. The molecular formula is C24H42. The molecule has 0 aliphatic rings. The highest BCUT2D eigenvalue weighted by molar-refractivity contribution is 5.17. The minimum Gasteiger partial charge on any atom is -0.0776 e. The van der Waals surface area contributed by atoms with E-state index in [9.17, 15) is 0 Å². The molecule has 0 fully saturated rings. The molecule has 0 nitrogen and oxygen atoms in total. The van der Waals surface area contributed by atoms with E-state index < -0.39 is 0 Å². The van der Waals surface area contributed by atoms with E-state index in [0.717, 1.165) is 5.92 Å². The molecule has 0 bridgehead atoms. The Morgan fingerprint density at radius 2 is 1.00 bits per heavy atom. The third-order valence-electron chi connectivity index (χ3n) is 2.95. The first kappa shape index (κ1) is 27.3. The molecule has 0 aliphatic heterocycles. The van der Waals surface area contributed by atoms with Crippen LogP contribution in [-0.2, 0) is 6.42 Å². The van der Waals surface area contributed by atoms with Crippen LogP contribution in [0.1, 0.15) is 79.9 Å². The molecule has 0 amide bonds. The van der Waals surface area contributed by atoms with E-state index in [1.54, 1.807) is 0 Å². The lowest BCUT2D eigenvalue weighted by atomic mass is 10.0. The Labute approximate surface area is 153 Å². The predicted octanol–water partition coefficient (Wildman–Crippen LogP) is 8.38. The molecule has 0 aromatic heterocycles. The second kappa shape index (κ2) is 19.5. The van der Waals surface area contributed by atoms with Crippen molar-refractivity contribution < 1.29 is 0 Å². The molecule has 0 atom stereocenters. The molecule has 138 valence electrons. The smallest absolute Gasteiger partial charge is 0.0219 e. The number of benzene rings is 2. The molecule has 24 heavy (non-hydrogen) atoms. The molecule has 0 N–H and O–H groups in total. The van der Waals surface area contributed by atoms with Crippen LogP contribution in [0.15, 0.2) is 60.7 Å². The molecule has 0 radical (unpaired) electrons. The van der Waals surface area contributed by atoms with Gasteiger partial charge in [-0.05, 0) is 29.4 Å². The monoisotopic (exact) mass is 330 g/mol. The lowest BCUT2D eigenvalue weighted by Crippen LogP contribution is -1.92. The van der Waals surface area contributed by atoms with Gasteiger partial charge in [-0.15, -0.1) is 0 Å². The van der Waals surface area contributed by atoms with Crippen LogP contribution in [0.5, 0.6) is 0 Å². The Kier molecular flexibility index (Phi) is 22.2. The fraction of sp³-hybridized carbons (Fsp3) is 0.500. The number of hydrogen-bond donors (Lipinski definition) is 0. The van der Waals surface area contributed by atoms with Crippen molar-refractivity contribution in [1.82, 2.24) is 0 Å². The molecule has 0 spiro atoms. The van der Waals surface area contributed by atoms with E-state index in [0.29, 0.717) is 5.92 Å². The Morgan fingerprint density at radius 3 is 1.29 bits per heavy atom. The van der Waals surface area contributed by atoms with Crippen molar-refractivity contribution >= 4 is 0 Å². The van der Waals surface area contributed by atoms with Crippen LogP contribution in [-0.4, -0.2) is 0 Å². The first-order chi connectivity index (χ1) is 11.1. The van der Waals surface area contributed by atoms with Crippen molar-refractivity contribution in [3.05, 3.63) is 71.8 Å². The second-order valence-electron chi connectivity index (χ2n) is 5.65. The van der Waals surface area contributed by atoms with Gasteiger partial charge in [0.25, 0.3) is 0 Å². The van der Waals surface area contributed by atoms with E-state index in [1.165, 1.54) is 17.5 Å². The summed E-state index contributed by atoms with van der Waals surface area (Å²) in [6, 6.07) is 21.1. The van der Waals surface area contributed by atoms with Gasteiger partial charge in [0.15, 0.2) is 0 Å². The highest BCUT2D eigenvalue weighted by Crippen LogP contribution is 2.11. The zero-order valence-electron chi connectivity index (χ0n) is 16.6. The van der Waals surface area contributed by atoms with Gasteiger partial charge in [0, 0.05) is 0 Å². The fourth-order valence-electron chi connectivity index (χ4n) is 1.92. The predicted molar refractivity (Wildman–Crippen MR) is 115 cm³/mol. The van der Waals surface area contributed by atoms with E-state index in [4.69, 9.17) is 0 Å². The first-order valence-corrected chi connectivity index (χ1v) is 9.18. The average Bonchev–Trinajstić information content (AvgIpc) is 2.60. The van der Waals surface area contributed by atoms with Crippen LogP contribution < -0.4 is 0 Å². The van der Waals surface area contributed by atoms with Crippen molar-refractivity contribution in [2.24, 2.45) is 5.92 Å². The van der Waals surface area contributed by atoms with Gasteiger partial charge in [-0.1, -0.05) is 123 Å². The van der Waals surface area contributed by atoms with Gasteiger partial charge >= 0.3 is 0 Å². The standard InChI is InChI=1S/C10H14.C9H12.2C2H6.CH4/c1-9(2)8-10-6-4-3-5-7-10;1-8(2)9-6-4-3-5-7-9;2*1-2;/h3-7,9H,8H2,1-2H3;3-8H,1-2H3;2*1-2H3;1H4. The largest absolute Gasteiger partial charge is 0.0776 e. The third kappa shape index (κ3) is 15.3. The first-order valence-electron chi connectivity index (χ1n) is 9.18. The number of hydrogen-bond acceptors (Lipinski definition) is 0. The maximum Gasteiger partial charge on any atom is -0.0219 e. The minimum atomic E-state index is 0. The van der Waals surface area contributed by atoms with Gasteiger partial charge in [-0.25, -0.2) is 0 Å². The van der Waals surface area contributed by atoms with Gasteiger partial charge in [0.1, 0.15) is 0 Å². The molecule has 0 heteroatoms. The number of rotatable bonds is 3. The van der Waals surface area contributed by atoms with Crippen LogP contribution in [0.25, 0.3) is 0 Å². The van der Waals surface area contributed by atoms with Gasteiger partial charge in [-0.3, -0.25) is 0 Å². The summed E-state index contributed by atoms with van der Waals surface area (Å²) in [5.74, 6) is 1.42. The Hall–Kier alpha value is -1.56. The minimum absolute atomic E-state index is 0. The molecule has 0 heterocycles. The summed E-state index contributed by atoms with van der Waals surface area (Å²) in [5, 5.41) is 0. The van der Waals surface area contributed by atoms with E-state index in [1.807, 2.05) is 33.8 Å². The topological polar surface area (TPSA) is 0 Å². The van der Waals surface area contributed by atoms with Gasteiger partial charge in [0.2, 0.25) is 0 Å². The maximum atomic E-state index is 2.24. The van der Waals surface area contributed by atoms with Crippen LogP contribution in [0.3, 0.4) is 0 Å². The summed E-state index contributed by atoms with van der Waals surface area (Å²) in [7, 11) is 0. The molecule has 2 aromatic carbocycles. The summed E-state index contributed by atoms with van der Waals surface area (Å²) in [4.78, 5) is 0. The van der Waals surface area contributed by atoms with Crippen molar-refractivity contribution in [3.63, 3.8) is 0 Å². The van der Waals surface area contributed by atoms with Crippen LogP contribution in [0, 0.1) is 5.92 Å². The van der Waals surface area contributed by atoms with Gasteiger partial charge in [0.05, 0.1) is 0 Å². The fourth-order valence-corrected chi connectivity index (χ4v) is 1.92. The van der Waals surface area contributed by atoms with Crippen molar-refractivity contribution in [3.8, 4) is 0 Å². The lowest BCUT2D eigenvalue weighted by Gasteiger charge is -2.02. The molecule has 0 saturated carbocycles. The second-order valence-corrected chi connectivity index (χ2v) is 5.65. The molecule has 0 aliphatic carbocycles. The normalized spacial score (nSPS) is 8.58. The highest BCUT2D eigenvalue weighted by Gasteiger charge is 1.94. The van der Waals surface area contributed by atoms with Crippen LogP contribution in [0.2, 0.25) is 0 Å². The Balaban J connectivity index is -0.000000295. The van der Waals surface area contributed by atoms with Crippen LogP contribution >= 0.6 is 0 Å². The van der Waals surface area contributed by atoms with E-state index in [-0.39, 0.29) is 7.43 Å². The Morgan fingerprint density at radius 1 is 0.625 bits per heavy atom. The van der Waals surface area contributed by atoms with Gasteiger partial charge < -0.3 is 0 Å². The Bertz CT molecular complexity index is 426. The van der Waals surface area contributed by atoms with Crippen molar-refractivity contribution in [2.75, 3.05) is 0 Å². The zero-order chi connectivity index (χ0) is 18.1. The van der Waals surface area contributed by atoms with Crippen molar-refractivity contribution in [1.29, 1.82) is 0 Å². The summed E-state index contributed by atoms with van der Waals surface area (Å²) >= 11 is 0. The zero-order valence-corrected chi connectivity index (χ0v) is 16.6. The molecule has 2 rings (SSSR count). The molecular weight excluding hydrogens is 288 g/mol. The van der Waals surface area contributed by atoms with Crippen molar-refractivity contribution in [2.45, 2.75) is 75.2 Å². The summed E-state index contributed by atoms with van der Waals surface area (Å²) in [5.41, 5.74) is 2.86. The summed E-state index contributed by atoms with van der Waals surface area (Å²) < 4.78 is 0. The van der Waals surface area contributed by atoms with Crippen LogP contribution in [0.4, 0.5) is 0 Å². The lowest BCUT2D eigenvalue weighted by molar-refractivity contribution is 0.647. The SMILES string of the molecule is C.CC.CC.CC(C)Cc1ccccc1.CC(C)c1ccccc1.